The number of aryl methyl sites for hydroxylation is 2. The lowest BCUT2D eigenvalue weighted by atomic mass is 10.1. The number of benzene rings is 1. The molecule has 0 bridgehead atoms. The molecule has 0 saturated heterocycles. The second-order valence-electron chi connectivity index (χ2n) is 3.92. The van der Waals surface area contributed by atoms with Crippen LogP contribution in [0.15, 0.2) is 24.3 Å². The van der Waals surface area contributed by atoms with E-state index in [1.807, 2.05) is 13.0 Å². The van der Waals surface area contributed by atoms with Crippen LogP contribution in [-0.4, -0.2) is 0 Å². The Hall–Kier alpha value is -0.670. The van der Waals surface area contributed by atoms with E-state index in [2.05, 4.69) is 0 Å². The van der Waals surface area contributed by atoms with Gasteiger partial charge in [0.25, 0.3) is 0 Å². The third kappa shape index (κ3) is 4.42. The first kappa shape index (κ1) is 17.4. The lowest BCUT2D eigenvalue weighted by molar-refractivity contribution is -1.73. The molecule has 1 unspecified atom stereocenters. The van der Waals surface area contributed by atoms with Crippen LogP contribution in [0.5, 0.6) is 0 Å². The summed E-state index contributed by atoms with van der Waals surface area (Å²) >= 11 is -3.65. The maximum atomic E-state index is 12.9. The minimum atomic E-state index is -4.15. The van der Waals surface area contributed by atoms with Crippen molar-refractivity contribution in [3.05, 3.63) is 34.7 Å². The van der Waals surface area contributed by atoms with Crippen molar-refractivity contribution in [3.8, 4) is 0 Å². The highest BCUT2D eigenvalue weighted by Gasteiger charge is 2.46. The number of fused-ring (bicyclic) bond motifs is 1. The Balaban J connectivity index is 0.000000444. The molecule has 8 heteroatoms. The fourth-order valence-corrected chi connectivity index (χ4v) is 3.69. The number of alkyl halides is 3. The average molecular weight is 373 g/mol. The van der Waals surface area contributed by atoms with Crippen molar-refractivity contribution in [3.63, 3.8) is 0 Å². The van der Waals surface area contributed by atoms with Gasteiger partial charge >= 0.3 is 5.51 Å². The van der Waals surface area contributed by atoms with Crippen LogP contribution in [0.4, 0.5) is 13.2 Å². The van der Waals surface area contributed by atoms with E-state index >= 15 is 0 Å². The van der Waals surface area contributed by atoms with Crippen LogP contribution in [0.2, 0.25) is 0 Å². The van der Waals surface area contributed by atoms with E-state index in [4.69, 9.17) is 12.6 Å². The van der Waals surface area contributed by atoms with Gasteiger partial charge in [0.2, 0.25) is 14.8 Å². The molecule has 0 saturated carbocycles. The summed E-state index contributed by atoms with van der Waals surface area (Å²) in [6, 6.07) is 7.02. The smallest absolute Gasteiger partial charge is 0.405 e. The Bertz CT molecular complexity index is 578. The van der Waals surface area contributed by atoms with Crippen LogP contribution >= 0.6 is 10.5 Å². The fourth-order valence-electron chi connectivity index (χ4n) is 1.85. The fraction of sp³-hybridized carbons (Fsp3) is 0.333. The van der Waals surface area contributed by atoms with Gasteiger partial charge in [0, 0.05) is 24.4 Å². The van der Waals surface area contributed by atoms with Gasteiger partial charge in [0.05, 0.1) is 10.5 Å². The predicted octanol–water partition coefficient (Wildman–Crippen LogP) is 1.37. The average Bonchev–Trinajstić information content (AvgIpc) is 2.62. The highest BCUT2D eigenvalue weighted by atomic mass is 80.0. The second kappa shape index (κ2) is 6.86. The van der Waals surface area contributed by atoms with Crippen molar-refractivity contribution in [1.82, 2.24) is 0 Å². The maximum Gasteiger partial charge on any atom is 0.600 e. The van der Waals surface area contributed by atoms with Crippen LogP contribution in [-0.2, 0) is 11.9 Å². The van der Waals surface area contributed by atoms with Gasteiger partial charge in [-0.05, 0) is 18.1 Å². The molecule has 1 aromatic carbocycles. The Morgan fingerprint density at radius 1 is 1.15 bits per heavy atom. The molecule has 0 aliphatic heterocycles. The van der Waals surface area contributed by atoms with Gasteiger partial charge < -0.3 is 12.6 Å². The number of hydrogen-bond acceptors (Lipinski definition) is 3. The van der Waals surface area contributed by atoms with Crippen molar-refractivity contribution in [2.45, 2.75) is 25.8 Å². The topological polar surface area (TPSA) is 69.2 Å². The van der Waals surface area contributed by atoms with E-state index in [0.717, 1.165) is 17.4 Å². The Morgan fingerprint density at radius 2 is 1.70 bits per heavy atom. The summed E-state index contributed by atoms with van der Waals surface area (Å²) in [5, 5.41) is 0.718. The summed E-state index contributed by atoms with van der Waals surface area (Å²) in [4.78, 5) is 0.413. The van der Waals surface area contributed by atoms with Gasteiger partial charge in [0.15, 0.2) is 9.58 Å². The molecule has 112 valence electrons. The first-order valence-electron chi connectivity index (χ1n) is 5.52. The van der Waals surface area contributed by atoms with Crippen molar-refractivity contribution in [2.75, 3.05) is 0 Å². The van der Waals surface area contributed by atoms with Crippen molar-refractivity contribution in [2.24, 2.45) is 0 Å². The zero-order valence-electron chi connectivity index (χ0n) is 10.7. The van der Waals surface area contributed by atoms with Crippen molar-refractivity contribution in [1.29, 1.82) is 0 Å². The molecule has 0 aliphatic rings. The Morgan fingerprint density at radius 3 is 2.15 bits per heavy atom. The second-order valence-corrected chi connectivity index (χ2v) is 6.87. The molecule has 3 nitrogen and oxygen atoms in total. The lowest BCUT2D eigenvalue weighted by Crippen LogP contribution is -2.42. The SMILES string of the molecule is CCc1ccc2cc(C)[s+](C(F)(F)F)c2c1.[O-][Br+2]([O-])[O-]. The number of hydrogen-bond donors (Lipinski definition) is 0. The van der Waals surface area contributed by atoms with E-state index < -0.39 is 30.8 Å². The molecule has 0 fully saturated rings. The van der Waals surface area contributed by atoms with E-state index in [0.29, 0.717) is 9.58 Å². The molecule has 0 spiro atoms. The van der Waals surface area contributed by atoms with Crippen molar-refractivity contribution >= 4 is 20.6 Å². The molecule has 2 rings (SSSR count). The monoisotopic (exact) mass is 372 g/mol. The zero-order chi connectivity index (χ0) is 15.5. The van der Waals surface area contributed by atoms with Gasteiger partial charge in [-0.25, -0.2) is 0 Å². The standard InChI is InChI=1S/C12H12F3S.BrO3/c1-3-9-4-5-10-6-8(2)16(11(10)7-9)12(13,14)15;2-1(3)4/h4-7H,3H2,1-2H3;/q+1;-1. The summed E-state index contributed by atoms with van der Waals surface area (Å²) < 4.78 is 64.7. The summed E-state index contributed by atoms with van der Waals surface area (Å²) in [5.41, 5.74) is -3.19. The van der Waals surface area contributed by atoms with Crippen LogP contribution in [0.3, 0.4) is 0 Å². The summed E-state index contributed by atoms with van der Waals surface area (Å²) in [6.07, 6.45) is 0.765. The first-order valence-corrected chi connectivity index (χ1v) is 8.69. The number of thiophene rings is 1. The van der Waals surface area contributed by atoms with E-state index in [9.17, 15) is 13.2 Å². The summed E-state index contributed by atoms with van der Waals surface area (Å²) in [7, 11) is -1.72. The zero-order valence-corrected chi connectivity index (χ0v) is 13.1. The van der Waals surface area contributed by atoms with Crippen LogP contribution in [0, 0.1) is 21.7 Å². The first-order chi connectivity index (χ1) is 9.16. The van der Waals surface area contributed by atoms with Crippen LogP contribution in [0.25, 0.3) is 10.1 Å². The molecule has 1 atom stereocenters. The highest BCUT2D eigenvalue weighted by Crippen LogP contribution is 2.50. The van der Waals surface area contributed by atoms with Crippen LogP contribution < -0.4 is 12.6 Å². The highest BCUT2D eigenvalue weighted by molar-refractivity contribution is 7.38. The molecule has 1 heterocycles. The third-order valence-electron chi connectivity index (χ3n) is 2.62. The third-order valence-corrected chi connectivity index (χ3v) is 4.64. The van der Waals surface area contributed by atoms with Crippen molar-refractivity contribution < 1.29 is 40.6 Å². The predicted molar refractivity (Wildman–Crippen MR) is 61.8 cm³/mol. The Kier molecular flexibility index (Phi) is 5.96. The molecule has 2 aromatic rings. The minimum absolute atomic E-state index is 0.413. The van der Waals surface area contributed by atoms with Gasteiger partial charge in [-0.1, -0.05) is 13.0 Å². The summed E-state index contributed by atoms with van der Waals surface area (Å²) in [6.45, 7) is 3.50. The minimum Gasteiger partial charge on any atom is -0.405 e. The quantitative estimate of drug-likeness (QED) is 0.709. The Labute approximate surface area is 122 Å². The summed E-state index contributed by atoms with van der Waals surface area (Å²) in [5.74, 6) is 0. The number of rotatable bonds is 1. The maximum absolute atomic E-state index is 12.9. The van der Waals surface area contributed by atoms with Crippen LogP contribution in [0.1, 0.15) is 17.4 Å². The molecule has 1 aromatic heterocycles. The molecular formula is C12H12BrF3O3S. The van der Waals surface area contributed by atoms with Gasteiger partial charge in [0.1, 0.15) is 0 Å². The molecule has 0 aliphatic carbocycles. The van der Waals surface area contributed by atoms with E-state index in [-0.39, 0.29) is 0 Å². The largest absolute Gasteiger partial charge is 0.600 e. The van der Waals surface area contributed by atoms with Gasteiger partial charge in [-0.2, -0.15) is 0 Å². The molecule has 0 N–H and O–H groups in total. The lowest BCUT2D eigenvalue weighted by Gasteiger charge is -1.98. The normalized spacial score (nSPS) is 12.6. The van der Waals surface area contributed by atoms with Gasteiger partial charge in [-0.15, -0.1) is 13.2 Å². The molecule has 0 radical (unpaired) electrons. The molecular weight excluding hydrogens is 361 g/mol. The molecule has 20 heavy (non-hydrogen) atoms. The number of halogens is 4. The van der Waals surface area contributed by atoms with E-state index in [1.165, 1.54) is 0 Å². The van der Waals surface area contributed by atoms with Gasteiger partial charge in [-0.3, -0.25) is 0 Å². The van der Waals surface area contributed by atoms with E-state index in [1.54, 1.807) is 25.1 Å². The molecule has 0 amide bonds.